The van der Waals surface area contributed by atoms with Crippen LogP contribution in [0.5, 0.6) is 0 Å². The molecule has 0 bridgehead atoms. The molecule has 2 rings (SSSR count). The molecule has 0 saturated heterocycles. The quantitative estimate of drug-likeness (QED) is 0.363. The zero-order valence-electron chi connectivity index (χ0n) is 11.6. The summed E-state index contributed by atoms with van der Waals surface area (Å²) in [4.78, 5) is 11.0. The van der Waals surface area contributed by atoms with Crippen molar-refractivity contribution in [3.63, 3.8) is 0 Å². The average Bonchev–Trinajstić information content (AvgIpc) is 2.49. The molecule has 0 aliphatic heterocycles. The van der Waals surface area contributed by atoms with E-state index in [4.69, 9.17) is 0 Å². The smallest absolute Gasteiger partial charge is 0.295 e. The first-order chi connectivity index (χ1) is 10.4. The van der Waals surface area contributed by atoms with Crippen LogP contribution in [0.3, 0.4) is 0 Å². The Morgan fingerprint density at radius 3 is 2.45 bits per heavy atom. The van der Waals surface area contributed by atoms with Gasteiger partial charge in [0.2, 0.25) is 5.91 Å². The number of thiol groups is 1. The second kappa shape index (κ2) is 6.99. The molecule has 0 aliphatic rings. The predicted octanol–water partition coefficient (Wildman–Crippen LogP) is 1.54. The highest BCUT2D eigenvalue weighted by molar-refractivity contribution is 7.86. The maximum atomic E-state index is 11.4. The fourth-order valence-electron chi connectivity index (χ4n) is 2.12. The van der Waals surface area contributed by atoms with Crippen molar-refractivity contribution < 1.29 is 17.8 Å². The fourth-order valence-corrected chi connectivity index (χ4v) is 2.93. The maximum Gasteiger partial charge on any atom is 0.295 e. The second-order valence-electron chi connectivity index (χ2n) is 4.57. The van der Waals surface area contributed by atoms with Crippen LogP contribution in [0.4, 0.5) is 5.69 Å². The summed E-state index contributed by atoms with van der Waals surface area (Å²) in [5.41, 5.74) is 0.725. The highest BCUT2D eigenvalue weighted by Crippen LogP contribution is 2.28. The lowest BCUT2D eigenvalue weighted by Gasteiger charge is -2.11. The van der Waals surface area contributed by atoms with Crippen LogP contribution in [0.1, 0.15) is 0 Å². The Labute approximate surface area is 134 Å². The van der Waals surface area contributed by atoms with Crippen LogP contribution >= 0.6 is 12.6 Å². The Kier molecular flexibility index (Phi) is 5.28. The van der Waals surface area contributed by atoms with Crippen molar-refractivity contribution in [2.24, 2.45) is 0 Å². The van der Waals surface area contributed by atoms with Crippen LogP contribution in [0, 0.1) is 0 Å². The predicted molar refractivity (Wildman–Crippen MR) is 89.1 cm³/mol. The molecule has 1 amide bonds. The van der Waals surface area contributed by atoms with Gasteiger partial charge in [0.15, 0.2) is 0 Å². The lowest BCUT2D eigenvalue weighted by molar-refractivity contribution is -0.118. The van der Waals surface area contributed by atoms with Crippen molar-refractivity contribution in [3.8, 4) is 0 Å². The lowest BCUT2D eigenvalue weighted by atomic mass is 10.1. The van der Waals surface area contributed by atoms with Crippen molar-refractivity contribution in [3.05, 3.63) is 36.4 Å². The number of rotatable bonds is 6. The van der Waals surface area contributed by atoms with E-state index >= 15 is 0 Å². The van der Waals surface area contributed by atoms with Gasteiger partial charge in [-0.25, -0.2) is 0 Å². The summed E-state index contributed by atoms with van der Waals surface area (Å²) in [7, 11) is -4.28. The molecule has 3 N–H and O–H groups in total. The van der Waals surface area contributed by atoms with E-state index in [0.717, 1.165) is 5.69 Å². The Bertz CT molecular complexity index is 791. The fraction of sp³-hybridized carbons (Fsp3) is 0.214. The van der Waals surface area contributed by atoms with Crippen molar-refractivity contribution in [2.75, 3.05) is 24.2 Å². The number of hydrogen-bond acceptors (Lipinski definition) is 5. The van der Waals surface area contributed by atoms with Gasteiger partial charge in [-0.15, -0.1) is 0 Å². The first-order valence-electron chi connectivity index (χ1n) is 6.54. The van der Waals surface area contributed by atoms with E-state index in [1.807, 2.05) is 0 Å². The topological polar surface area (TPSA) is 95.5 Å². The summed E-state index contributed by atoms with van der Waals surface area (Å²) in [5, 5.41) is 6.92. The standard InChI is InChI=1S/C14H16N2O4S2/c17-14(9-21)16-8-7-15-12-5-1-4-11-10(12)3-2-6-13(11)22(18,19)20/h1-6,15,21H,7-9H2,(H,16,17)(H,18,19,20). The molecule has 0 saturated carbocycles. The summed E-state index contributed by atoms with van der Waals surface area (Å²) in [6.45, 7) is 0.905. The highest BCUT2D eigenvalue weighted by Gasteiger charge is 2.14. The molecule has 0 radical (unpaired) electrons. The number of carbonyl (C=O) groups is 1. The molecular weight excluding hydrogens is 324 g/mol. The number of amides is 1. The van der Waals surface area contributed by atoms with Crippen LogP contribution in [-0.2, 0) is 14.9 Å². The van der Waals surface area contributed by atoms with E-state index in [2.05, 4.69) is 23.3 Å². The van der Waals surface area contributed by atoms with E-state index in [0.29, 0.717) is 23.9 Å². The number of hydrogen-bond donors (Lipinski definition) is 4. The average molecular weight is 340 g/mol. The molecule has 0 unspecified atom stereocenters. The SMILES string of the molecule is O=C(CS)NCCNc1cccc2c(S(=O)(=O)O)cccc12. The number of carbonyl (C=O) groups excluding carboxylic acids is 1. The second-order valence-corrected chi connectivity index (χ2v) is 6.27. The first kappa shape index (κ1) is 16.6. The summed E-state index contributed by atoms with van der Waals surface area (Å²) >= 11 is 3.86. The molecule has 0 heterocycles. The number of benzene rings is 2. The van der Waals surface area contributed by atoms with E-state index in [1.165, 1.54) is 6.07 Å². The van der Waals surface area contributed by atoms with Gasteiger partial charge >= 0.3 is 0 Å². The molecule has 6 nitrogen and oxygen atoms in total. The molecule has 0 spiro atoms. The summed E-state index contributed by atoms with van der Waals surface area (Å²) < 4.78 is 32.1. The zero-order valence-corrected chi connectivity index (χ0v) is 13.3. The van der Waals surface area contributed by atoms with E-state index in [9.17, 15) is 17.8 Å². The number of anilines is 1. The van der Waals surface area contributed by atoms with Gasteiger partial charge in [-0.3, -0.25) is 9.35 Å². The number of fused-ring (bicyclic) bond motifs is 1. The Morgan fingerprint density at radius 1 is 1.09 bits per heavy atom. The van der Waals surface area contributed by atoms with Crippen molar-refractivity contribution in [2.45, 2.75) is 4.90 Å². The molecule has 2 aromatic carbocycles. The molecule has 2 aromatic rings. The third-order valence-electron chi connectivity index (χ3n) is 3.07. The van der Waals surface area contributed by atoms with Crippen LogP contribution in [0.25, 0.3) is 10.8 Å². The molecule has 22 heavy (non-hydrogen) atoms. The van der Waals surface area contributed by atoms with E-state index in [-0.39, 0.29) is 16.6 Å². The van der Waals surface area contributed by atoms with Crippen LogP contribution in [-0.4, -0.2) is 37.7 Å². The summed E-state index contributed by atoms with van der Waals surface area (Å²) in [6, 6.07) is 9.82. The Morgan fingerprint density at radius 2 is 1.77 bits per heavy atom. The van der Waals surface area contributed by atoms with Gasteiger partial charge in [-0.05, 0) is 12.1 Å². The van der Waals surface area contributed by atoms with Crippen LogP contribution in [0.2, 0.25) is 0 Å². The molecule has 118 valence electrons. The maximum absolute atomic E-state index is 11.4. The zero-order chi connectivity index (χ0) is 16.2. The van der Waals surface area contributed by atoms with Gasteiger partial charge in [0, 0.05) is 29.5 Å². The highest BCUT2D eigenvalue weighted by atomic mass is 32.2. The van der Waals surface area contributed by atoms with Gasteiger partial charge in [0.25, 0.3) is 10.1 Å². The van der Waals surface area contributed by atoms with Gasteiger partial charge in [-0.1, -0.05) is 24.3 Å². The molecule has 0 fully saturated rings. The van der Waals surface area contributed by atoms with E-state index < -0.39 is 10.1 Å². The lowest BCUT2D eigenvalue weighted by Crippen LogP contribution is -2.29. The van der Waals surface area contributed by atoms with Crippen molar-refractivity contribution in [1.29, 1.82) is 0 Å². The minimum atomic E-state index is -4.28. The van der Waals surface area contributed by atoms with Gasteiger partial charge in [0.05, 0.1) is 5.75 Å². The van der Waals surface area contributed by atoms with Crippen molar-refractivity contribution >= 4 is 45.1 Å². The van der Waals surface area contributed by atoms with Crippen molar-refractivity contribution in [1.82, 2.24) is 5.32 Å². The monoisotopic (exact) mass is 340 g/mol. The van der Waals surface area contributed by atoms with Gasteiger partial charge < -0.3 is 10.6 Å². The Balaban J connectivity index is 2.23. The first-order valence-corrected chi connectivity index (χ1v) is 8.61. The van der Waals surface area contributed by atoms with Gasteiger partial charge in [0.1, 0.15) is 4.90 Å². The number of nitrogens with one attached hydrogen (secondary N) is 2. The molecule has 0 aromatic heterocycles. The Hall–Kier alpha value is -1.77. The minimum absolute atomic E-state index is 0.128. The normalized spacial score (nSPS) is 11.4. The summed E-state index contributed by atoms with van der Waals surface area (Å²) in [6.07, 6.45) is 0. The molecule has 0 aliphatic carbocycles. The van der Waals surface area contributed by atoms with Crippen LogP contribution < -0.4 is 10.6 Å². The summed E-state index contributed by atoms with van der Waals surface area (Å²) in [5.74, 6) is -0.0249. The molecular formula is C14H16N2O4S2. The molecule has 8 heteroatoms. The van der Waals surface area contributed by atoms with Gasteiger partial charge in [-0.2, -0.15) is 21.0 Å². The largest absolute Gasteiger partial charge is 0.383 e. The van der Waals surface area contributed by atoms with Crippen LogP contribution in [0.15, 0.2) is 41.3 Å². The van der Waals surface area contributed by atoms with E-state index in [1.54, 1.807) is 30.3 Å². The third kappa shape index (κ3) is 3.90. The minimum Gasteiger partial charge on any atom is -0.383 e. The molecule has 0 atom stereocenters. The third-order valence-corrected chi connectivity index (χ3v) is 4.27.